The molecule has 3 rings (SSSR count). The average Bonchev–Trinajstić information content (AvgIpc) is 3.03. The van der Waals surface area contributed by atoms with Crippen molar-refractivity contribution in [3.8, 4) is 6.07 Å². The normalized spacial score (nSPS) is 21.2. The lowest BCUT2D eigenvalue weighted by Gasteiger charge is -2.42. The van der Waals surface area contributed by atoms with Gasteiger partial charge in [0.15, 0.2) is 0 Å². The molecule has 3 heterocycles. The first-order valence-corrected chi connectivity index (χ1v) is 7.64. The molecule has 2 atom stereocenters. The standard InChI is InChI=1S/C15H19N7O/c1-11-5-8-21(14(23)3-6-16)9-12(11)20(2)13-4-7-17-15-18-10-19-22(13)15/h4,7,10-12H,3,5,8-9H2,1-2H3/t11-,12+/m1/s1. The Morgan fingerprint density at radius 1 is 1.52 bits per heavy atom. The van der Waals surface area contributed by atoms with E-state index >= 15 is 0 Å². The Kier molecular flexibility index (Phi) is 4.10. The van der Waals surface area contributed by atoms with Gasteiger partial charge in [-0.1, -0.05) is 6.92 Å². The molecular formula is C15H19N7O. The second-order valence-corrected chi connectivity index (χ2v) is 5.89. The number of likely N-dealkylation sites (tertiary alicyclic amines) is 1. The Hall–Kier alpha value is -2.69. The van der Waals surface area contributed by atoms with Gasteiger partial charge in [0, 0.05) is 26.3 Å². The highest BCUT2D eigenvalue weighted by Crippen LogP contribution is 2.25. The Morgan fingerprint density at radius 3 is 3.13 bits per heavy atom. The zero-order chi connectivity index (χ0) is 16.4. The lowest BCUT2D eigenvalue weighted by molar-refractivity contribution is -0.131. The maximum Gasteiger partial charge on any atom is 0.254 e. The number of rotatable bonds is 3. The van der Waals surface area contributed by atoms with Crippen LogP contribution in [0.1, 0.15) is 19.8 Å². The summed E-state index contributed by atoms with van der Waals surface area (Å²) in [4.78, 5) is 24.2. The first-order chi connectivity index (χ1) is 11.1. The van der Waals surface area contributed by atoms with E-state index in [1.165, 1.54) is 6.33 Å². The van der Waals surface area contributed by atoms with Crippen LogP contribution >= 0.6 is 0 Å². The predicted molar refractivity (Wildman–Crippen MR) is 83.6 cm³/mol. The summed E-state index contributed by atoms with van der Waals surface area (Å²) in [7, 11) is 2.00. The molecule has 0 aromatic carbocycles. The summed E-state index contributed by atoms with van der Waals surface area (Å²) in [5, 5.41) is 13.0. The average molecular weight is 313 g/mol. The van der Waals surface area contributed by atoms with Crippen LogP contribution in [0.15, 0.2) is 18.6 Å². The van der Waals surface area contributed by atoms with Crippen molar-refractivity contribution in [2.45, 2.75) is 25.8 Å². The zero-order valence-electron chi connectivity index (χ0n) is 13.3. The third-order valence-electron chi connectivity index (χ3n) is 4.52. The quantitative estimate of drug-likeness (QED) is 0.829. The van der Waals surface area contributed by atoms with Gasteiger partial charge in [0.25, 0.3) is 5.78 Å². The number of hydrogen-bond acceptors (Lipinski definition) is 6. The summed E-state index contributed by atoms with van der Waals surface area (Å²) in [6, 6.07) is 3.98. The highest BCUT2D eigenvalue weighted by molar-refractivity contribution is 5.78. The predicted octanol–water partition coefficient (Wildman–Crippen LogP) is 0.711. The van der Waals surface area contributed by atoms with E-state index in [-0.39, 0.29) is 18.4 Å². The van der Waals surface area contributed by atoms with Gasteiger partial charge in [0.2, 0.25) is 5.91 Å². The number of carbonyl (C=O) groups excluding carboxylic acids is 1. The molecule has 1 saturated heterocycles. The van der Waals surface area contributed by atoms with Crippen LogP contribution in [0.25, 0.3) is 5.78 Å². The van der Waals surface area contributed by atoms with Crippen molar-refractivity contribution >= 4 is 17.5 Å². The minimum Gasteiger partial charge on any atom is -0.354 e. The number of hydrogen-bond donors (Lipinski definition) is 0. The third kappa shape index (κ3) is 2.82. The van der Waals surface area contributed by atoms with Gasteiger partial charge < -0.3 is 9.80 Å². The van der Waals surface area contributed by atoms with Crippen molar-refractivity contribution in [2.75, 3.05) is 25.0 Å². The third-order valence-corrected chi connectivity index (χ3v) is 4.52. The van der Waals surface area contributed by atoms with Crippen molar-refractivity contribution in [3.63, 3.8) is 0 Å². The second-order valence-electron chi connectivity index (χ2n) is 5.89. The van der Waals surface area contributed by atoms with Gasteiger partial charge in [0.05, 0.1) is 12.1 Å². The fraction of sp³-hybridized carbons (Fsp3) is 0.533. The van der Waals surface area contributed by atoms with E-state index in [1.54, 1.807) is 15.6 Å². The maximum atomic E-state index is 12.0. The first-order valence-electron chi connectivity index (χ1n) is 7.64. The number of carbonyl (C=O) groups is 1. The molecule has 2 aromatic heterocycles. The summed E-state index contributed by atoms with van der Waals surface area (Å²) in [6.07, 6.45) is 4.04. The molecule has 120 valence electrons. The molecule has 1 fully saturated rings. The van der Waals surface area contributed by atoms with Gasteiger partial charge in [0.1, 0.15) is 18.6 Å². The van der Waals surface area contributed by atoms with Crippen LogP contribution in [0.5, 0.6) is 0 Å². The Bertz CT molecular complexity index is 750. The number of nitrogens with zero attached hydrogens (tertiary/aromatic N) is 7. The van der Waals surface area contributed by atoms with Crippen LogP contribution < -0.4 is 4.90 Å². The fourth-order valence-corrected chi connectivity index (χ4v) is 3.12. The molecular weight excluding hydrogens is 294 g/mol. The summed E-state index contributed by atoms with van der Waals surface area (Å²) in [5.41, 5.74) is 0. The molecule has 2 aromatic rings. The summed E-state index contributed by atoms with van der Waals surface area (Å²) < 4.78 is 1.70. The van der Waals surface area contributed by atoms with E-state index in [1.807, 2.05) is 19.2 Å². The number of piperidine rings is 1. The minimum atomic E-state index is -0.0987. The van der Waals surface area contributed by atoms with Crippen LogP contribution in [0.2, 0.25) is 0 Å². The number of amides is 1. The lowest BCUT2D eigenvalue weighted by Crippen LogP contribution is -2.53. The van der Waals surface area contributed by atoms with Gasteiger partial charge in [-0.2, -0.15) is 19.9 Å². The van der Waals surface area contributed by atoms with Crippen LogP contribution in [-0.2, 0) is 4.79 Å². The van der Waals surface area contributed by atoms with E-state index in [4.69, 9.17) is 5.26 Å². The largest absolute Gasteiger partial charge is 0.354 e. The van der Waals surface area contributed by atoms with Crippen molar-refractivity contribution < 1.29 is 4.79 Å². The first kappa shape index (κ1) is 15.2. The van der Waals surface area contributed by atoms with E-state index in [9.17, 15) is 4.79 Å². The van der Waals surface area contributed by atoms with Gasteiger partial charge in [-0.05, 0) is 18.4 Å². The molecule has 1 amide bonds. The minimum absolute atomic E-state index is 0.0621. The molecule has 23 heavy (non-hydrogen) atoms. The highest BCUT2D eigenvalue weighted by Gasteiger charge is 2.32. The molecule has 0 bridgehead atoms. The SMILES string of the molecule is C[C@@H]1CCN(C(=O)CC#N)C[C@@H]1N(C)c1ccnc2ncnn12. The second kappa shape index (κ2) is 6.20. The summed E-state index contributed by atoms with van der Waals surface area (Å²) in [5.74, 6) is 1.77. The number of fused-ring (bicyclic) bond motifs is 1. The van der Waals surface area contributed by atoms with Crippen LogP contribution in [-0.4, -0.2) is 56.6 Å². The Labute approximate surface area is 134 Å². The number of nitriles is 1. The molecule has 0 unspecified atom stereocenters. The number of likely N-dealkylation sites (N-methyl/N-ethyl adjacent to an activating group) is 1. The van der Waals surface area contributed by atoms with Crippen LogP contribution in [0.3, 0.4) is 0 Å². The van der Waals surface area contributed by atoms with Gasteiger partial charge in [-0.15, -0.1) is 0 Å². The van der Waals surface area contributed by atoms with E-state index < -0.39 is 0 Å². The smallest absolute Gasteiger partial charge is 0.254 e. The van der Waals surface area contributed by atoms with Crippen LogP contribution in [0.4, 0.5) is 5.82 Å². The van der Waals surface area contributed by atoms with Gasteiger partial charge in [-0.3, -0.25) is 4.79 Å². The molecule has 0 spiro atoms. The van der Waals surface area contributed by atoms with Crippen LogP contribution in [0, 0.1) is 17.2 Å². The molecule has 0 saturated carbocycles. The van der Waals surface area contributed by atoms with E-state index in [0.717, 1.165) is 12.2 Å². The molecule has 0 N–H and O–H groups in total. The van der Waals surface area contributed by atoms with Crippen molar-refractivity contribution in [1.82, 2.24) is 24.5 Å². The number of anilines is 1. The lowest BCUT2D eigenvalue weighted by atomic mass is 9.92. The molecule has 0 aliphatic carbocycles. The summed E-state index contributed by atoms with van der Waals surface area (Å²) >= 11 is 0. The van der Waals surface area contributed by atoms with Gasteiger partial charge in [-0.25, -0.2) is 4.98 Å². The molecule has 8 nitrogen and oxygen atoms in total. The monoisotopic (exact) mass is 313 g/mol. The Balaban J connectivity index is 1.85. The van der Waals surface area contributed by atoms with E-state index in [2.05, 4.69) is 26.9 Å². The molecule has 8 heteroatoms. The topological polar surface area (TPSA) is 90.4 Å². The van der Waals surface area contributed by atoms with Gasteiger partial charge >= 0.3 is 0 Å². The number of aromatic nitrogens is 4. The molecule has 1 aliphatic rings. The zero-order valence-corrected chi connectivity index (χ0v) is 13.3. The molecule has 0 radical (unpaired) electrons. The van der Waals surface area contributed by atoms with Crippen molar-refractivity contribution in [1.29, 1.82) is 5.26 Å². The highest BCUT2D eigenvalue weighted by atomic mass is 16.2. The fourth-order valence-electron chi connectivity index (χ4n) is 3.12. The van der Waals surface area contributed by atoms with Crippen molar-refractivity contribution in [2.24, 2.45) is 5.92 Å². The van der Waals surface area contributed by atoms with Crippen molar-refractivity contribution in [3.05, 3.63) is 18.6 Å². The van der Waals surface area contributed by atoms with E-state index in [0.29, 0.717) is 24.8 Å². The maximum absolute atomic E-state index is 12.0. The Morgan fingerprint density at radius 2 is 2.35 bits per heavy atom. The molecule has 1 aliphatic heterocycles. The summed E-state index contributed by atoms with van der Waals surface area (Å²) in [6.45, 7) is 3.50.